The summed E-state index contributed by atoms with van der Waals surface area (Å²) < 4.78 is 23.8. The Morgan fingerprint density at radius 2 is 1.94 bits per heavy atom. The average Bonchev–Trinajstić information content (AvgIpc) is 3.54. The van der Waals surface area contributed by atoms with Crippen LogP contribution in [0.25, 0.3) is 0 Å². The molecule has 4 unspecified atom stereocenters. The van der Waals surface area contributed by atoms with E-state index in [1.54, 1.807) is 0 Å². The third kappa shape index (κ3) is 2.53. The topological polar surface area (TPSA) is 88.1 Å². The minimum absolute atomic E-state index is 0.0786. The lowest BCUT2D eigenvalue weighted by Crippen LogP contribution is -2.67. The molecule has 10 atom stereocenters. The molecule has 0 amide bonds. The molecule has 3 aliphatic heterocycles. The zero-order valence-electron chi connectivity index (χ0n) is 20.8. The number of ether oxygens (including phenoxy) is 4. The van der Waals surface area contributed by atoms with Crippen molar-refractivity contribution >= 4 is 17.7 Å². The van der Waals surface area contributed by atoms with Crippen molar-refractivity contribution in [3.63, 3.8) is 0 Å². The molecule has 34 heavy (non-hydrogen) atoms. The number of fused-ring (bicyclic) bond motifs is 4. The molecule has 5 fully saturated rings. The van der Waals surface area contributed by atoms with Gasteiger partial charge in [0, 0.05) is 29.8 Å². The predicted molar refractivity (Wildman–Crippen MR) is 120 cm³/mol. The Balaban J connectivity index is 1.53. The molecule has 0 bridgehead atoms. The number of ketones is 1. The Kier molecular flexibility index (Phi) is 4.78. The van der Waals surface area contributed by atoms with Crippen LogP contribution >= 0.6 is 0 Å². The van der Waals surface area contributed by atoms with Gasteiger partial charge < -0.3 is 18.9 Å². The van der Waals surface area contributed by atoms with Gasteiger partial charge in [0.15, 0.2) is 0 Å². The highest BCUT2D eigenvalue weighted by Gasteiger charge is 2.78. The van der Waals surface area contributed by atoms with Crippen molar-refractivity contribution in [2.24, 2.45) is 39.9 Å². The van der Waals surface area contributed by atoms with Crippen LogP contribution in [0.5, 0.6) is 0 Å². The summed E-state index contributed by atoms with van der Waals surface area (Å²) in [6.07, 6.45) is 1.95. The van der Waals surface area contributed by atoms with Gasteiger partial charge >= 0.3 is 11.9 Å². The SMILES string of the molecule is COC(=O)C[C@H]1[C@]2(C)C3=C(C)C(C4CCOC4)C[C@@H]3O[C@@H]2C2OC(=O)[C@]3(C)CCC(=O)[C@@]1(C)C23. The van der Waals surface area contributed by atoms with Gasteiger partial charge in [-0.25, -0.2) is 0 Å². The van der Waals surface area contributed by atoms with Gasteiger partial charge in [0.25, 0.3) is 0 Å². The summed E-state index contributed by atoms with van der Waals surface area (Å²) in [4.78, 5) is 39.8. The lowest BCUT2D eigenvalue weighted by molar-refractivity contribution is -0.197. The molecule has 7 heteroatoms. The molecule has 0 aromatic carbocycles. The van der Waals surface area contributed by atoms with Crippen LogP contribution < -0.4 is 0 Å². The maximum absolute atomic E-state index is 13.8. The number of hydrogen-bond acceptors (Lipinski definition) is 7. The summed E-state index contributed by atoms with van der Waals surface area (Å²) in [6, 6.07) is 0. The first-order valence-electron chi connectivity index (χ1n) is 12.8. The summed E-state index contributed by atoms with van der Waals surface area (Å²) >= 11 is 0. The van der Waals surface area contributed by atoms with Gasteiger partial charge in [-0.05, 0) is 56.4 Å². The molecule has 6 aliphatic rings. The maximum Gasteiger partial charge on any atom is 0.312 e. The molecule has 2 saturated carbocycles. The van der Waals surface area contributed by atoms with E-state index in [9.17, 15) is 14.4 Å². The van der Waals surface area contributed by atoms with E-state index in [1.165, 1.54) is 18.3 Å². The van der Waals surface area contributed by atoms with Gasteiger partial charge in [-0.3, -0.25) is 14.4 Å². The van der Waals surface area contributed by atoms with E-state index < -0.39 is 22.3 Å². The fourth-order valence-electron chi connectivity index (χ4n) is 9.40. The van der Waals surface area contributed by atoms with Crippen LogP contribution in [0.15, 0.2) is 11.1 Å². The first-order valence-corrected chi connectivity index (χ1v) is 12.8. The first-order chi connectivity index (χ1) is 16.1. The Hall–Kier alpha value is -1.73. The van der Waals surface area contributed by atoms with E-state index in [-0.39, 0.29) is 48.2 Å². The number of hydrogen-bond donors (Lipinski definition) is 0. The number of Topliss-reactive ketones (excluding diaryl/α,β-unsaturated/α-hetero) is 1. The Labute approximate surface area is 200 Å². The molecular formula is C27H36O7. The van der Waals surface area contributed by atoms with Gasteiger partial charge in [0.05, 0.1) is 31.7 Å². The average molecular weight is 473 g/mol. The van der Waals surface area contributed by atoms with Crippen molar-refractivity contribution in [3.05, 3.63) is 11.1 Å². The highest BCUT2D eigenvalue weighted by molar-refractivity contribution is 5.92. The summed E-state index contributed by atoms with van der Waals surface area (Å²) in [5.74, 6) is -0.201. The largest absolute Gasteiger partial charge is 0.469 e. The van der Waals surface area contributed by atoms with Gasteiger partial charge in [-0.2, -0.15) is 0 Å². The number of allylic oxidation sites excluding steroid dienone is 1. The zero-order valence-corrected chi connectivity index (χ0v) is 20.8. The summed E-state index contributed by atoms with van der Waals surface area (Å²) in [5.41, 5.74) is 0.343. The van der Waals surface area contributed by atoms with Crippen LogP contribution in [-0.4, -0.2) is 56.4 Å². The monoisotopic (exact) mass is 472 g/mol. The van der Waals surface area contributed by atoms with E-state index in [2.05, 4.69) is 13.8 Å². The maximum atomic E-state index is 13.8. The Morgan fingerprint density at radius 3 is 2.62 bits per heavy atom. The minimum atomic E-state index is -0.872. The van der Waals surface area contributed by atoms with E-state index >= 15 is 0 Å². The molecule has 3 heterocycles. The quantitative estimate of drug-likeness (QED) is 0.460. The van der Waals surface area contributed by atoms with E-state index in [1.807, 2.05) is 13.8 Å². The standard InChI is InChI=1S/C27H36O7/c1-13-15(14-7-9-32-12-14)10-16-20(13)27(4)17(11-19(29)31-5)26(3)18(28)6-8-25(2)22(26)21(23(27)33-16)34-24(25)30/h14-17,21-23H,6-12H2,1-5H3/t14?,15?,16-,17+,21?,22?,23+,25+,26-,27+/m0/s1. The number of esters is 2. The number of carbonyl (C=O) groups excluding carboxylic acids is 3. The number of rotatable bonds is 3. The molecule has 7 nitrogen and oxygen atoms in total. The van der Waals surface area contributed by atoms with Gasteiger partial charge in [-0.1, -0.05) is 19.4 Å². The molecule has 3 aliphatic carbocycles. The van der Waals surface area contributed by atoms with Crippen LogP contribution in [0, 0.1) is 39.9 Å². The van der Waals surface area contributed by atoms with Crippen molar-refractivity contribution < 1.29 is 33.3 Å². The zero-order chi connectivity index (χ0) is 24.2. The van der Waals surface area contributed by atoms with Crippen LogP contribution in [-0.2, 0) is 33.3 Å². The lowest BCUT2D eigenvalue weighted by atomic mass is 9.40. The summed E-state index contributed by atoms with van der Waals surface area (Å²) in [6.45, 7) is 9.85. The molecular weight excluding hydrogens is 436 g/mol. The number of methoxy groups -OCH3 is 1. The van der Waals surface area contributed by atoms with Gasteiger partial charge in [-0.15, -0.1) is 0 Å². The summed E-state index contributed by atoms with van der Waals surface area (Å²) in [7, 11) is 1.40. The van der Waals surface area contributed by atoms with E-state index in [4.69, 9.17) is 18.9 Å². The molecule has 6 rings (SSSR count). The second kappa shape index (κ2) is 7.16. The third-order valence-electron chi connectivity index (χ3n) is 11.0. The second-order valence-electron chi connectivity index (χ2n) is 12.2. The summed E-state index contributed by atoms with van der Waals surface area (Å²) in [5, 5.41) is 0. The Bertz CT molecular complexity index is 995. The fourth-order valence-corrected chi connectivity index (χ4v) is 9.40. The highest BCUT2D eigenvalue weighted by Crippen LogP contribution is 2.72. The van der Waals surface area contributed by atoms with Crippen LogP contribution in [0.1, 0.15) is 59.8 Å². The van der Waals surface area contributed by atoms with E-state index in [0.29, 0.717) is 24.7 Å². The minimum Gasteiger partial charge on any atom is -0.469 e. The number of carbonyl (C=O) groups is 3. The third-order valence-corrected chi connectivity index (χ3v) is 11.0. The molecule has 0 N–H and O–H groups in total. The van der Waals surface area contributed by atoms with Crippen molar-refractivity contribution in [1.29, 1.82) is 0 Å². The Morgan fingerprint density at radius 1 is 1.18 bits per heavy atom. The van der Waals surface area contributed by atoms with Crippen LogP contribution in [0.3, 0.4) is 0 Å². The molecule has 0 radical (unpaired) electrons. The van der Waals surface area contributed by atoms with Crippen molar-refractivity contribution in [2.45, 2.75) is 78.1 Å². The molecule has 0 aromatic rings. The fraction of sp³-hybridized carbons (Fsp3) is 0.815. The first kappa shape index (κ1) is 22.7. The second-order valence-corrected chi connectivity index (χ2v) is 12.2. The van der Waals surface area contributed by atoms with Crippen LogP contribution in [0.4, 0.5) is 0 Å². The van der Waals surface area contributed by atoms with Crippen LogP contribution in [0.2, 0.25) is 0 Å². The van der Waals surface area contributed by atoms with Crippen molar-refractivity contribution in [1.82, 2.24) is 0 Å². The lowest BCUT2D eigenvalue weighted by Gasteiger charge is -2.60. The molecule has 3 saturated heterocycles. The highest BCUT2D eigenvalue weighted by atomic mass is 16.6. The van der Waals surface area contributed by atoms with Crippen molar-refractivity contribution in [2.75, 3.05) is 20.3 Å². The molecule has 0 spiro atoms. The van der Waals surface area contributed by atoms with E-state index in [0.717, 1.165) is 26.1 Å². The van der Waals surface area contributed by atoms with Crippen molar-refractivity contribution in [3.8, 4) is 0 Å². The normalized spacial score (nSPS) is 51.3. The predicted octanol–water partition coefficient (Wildman–Crippen LogP) is 3.24. The molecule has 0 aromatic heterocycles. The van der Waals surface area contributed by atoms with Gasteiger partial charge in [0.1, 0.15) is 18.0 Å². The van der Waals surface area contributed by atoms with Gasteiger partial charge in [0.2, 0.25) is 0 Å². The molecule has 186 valence electrons. The smallest absolute Gasteiger partial charge is 0.312 e.